The fraction of sp³-hybridized carbons (Fsp3) is 0.348. The largest absolute Gasteiger partial charge is 0.491 e. The van der Waals surface area contributed by atoms with Gasteiger partial charge in [-0.3, -0.25) is 4.90 Å². The first-order valence-electron chi connectivity index (χ1n) is 9.58. The Balaban J connectivity index is 1.81. The quantitative estimate of drug-likeness (QED) is 0.712. The number of aryl methyl sites for hydroxylation is 1. The first kappa shape index (κ1) is 18.5. The molecule has 2 N–H and O–H groups in total. The molecule has 0 fully saturated rings. The van der Waals surface area contributed by atoms with Crippen molar-refractivity contribution in [1.29, 1.82) is 5.26 Å². The van der Waals surface area contributed by atoms with Gasteiger partial charge in [0.2, 0.25) is 0 Å². The second-order valence-electron chi connectivity index (χ2n) is 7.97. The van der Waals surface area contributed by atoms with Crippen molar-refractivity contribution in [2.45, 2.75) is 52.6 Å². The van der Waals surface area contributed by atoms with Gasteiger partial charge in [-0.25, -0.2) is 0 Å². The van der Waals surface area contributed by atoms with Gasteiger partial charge in [0.1, 0.15) is 11.5 Å². The van der Waals surface area contributed by atoms with E-state index in [9.17, 15) is 10.4 Å². The molecule has 0 bridgehead atoms. The van der Waals surface area contributed by atoms with Crippen LogP contribution < -0.4 is 4.74 Å². The van der Waals surface area contributed by atoms with Crippen molar-refractivity contribution >= 4 is 10.9 Å². The molecule has 0 spiro atoms. The first-order chi connectivity index (χ1) is 13.3. The minimum absolute atomic E-state index is 0.000645. The van der Waals surface area contributed by atoms with Crippen molar-refractivity contribution in [2.75, 3.05) is 0 Å². The van der Waals surface area contributed by atoms with E-state index in [0.29, 0.717) is 24.4 Å². The Bertz CT molecular complexity index is 1090. The summed E-state index contributed by atoms with van der Waals surface area (Å²) in [5.74, 6) is 0.707. The molecule has 1 aromatic heterocycles. The molecule has 0 amide bonds. The highest BCUT2D eigenvalue weighted by Gasteiger charge is 2.39. The second-order valence-corrected chi connectivity index (χ2v) is 7.97. The van der Waals surface area contributed by atoms with Crippen molar-refractivity contribution in [3.05, 3.63) is 64.3 Å². The van der Waals surface area contributed by atoms with E-state index in [1.807, 2.05) is 69.1 Å². The maximum absolute atomic E-state index is 11.8. The predicted octanol–water partition coefficient (Wildman–Crippen LogP) is 4.32. The maximum atomic E-state index is 11.8. The Morgan fingerprint density at radius 1 is 1.21 bits per heavy atom. The lowest BCUT2D eigenvalue weighted by atomic mass is 9.95. The summed E-state index contributed by atoms with van der Waals surface area (Å²) in [6.45, 7) is 9.05. The van der Waals surface area contributed by atoms with E-state index in [-0.39, 0.29) is 6.10 Å². The van der Waals surface area contributed by atoms with Gasteiger partial charge in [0, 0.05) is 35.8 Å². The van der Waals surface area contributed by atoms with Crippen LogP contribution in [0.5, 0.6) is 5.75 Å². The molecule has 1 aliphatic rings. The van der Waals surface area contributed by atoms with E-state index >= 15 is 0 Å². The zero-order chi connectivity index (χ0) is 20.1. The topological polar surface area (TPSA) is 72.3 Å². The van der Waals surface area contributed by atoms with E-state index in [0.717, 1.165) is 33.2 Å². The van der Waals surface area contributed by atoms with Crippen LogP contribution in [0.25, 0.3) is 10.9 Å². The van der Waals surface area contributed by atoms with E-state index in [4.69, 9.17) is 4.74 Å². The van der Waals surface area contributed by atoms with Crippen molar-refractivity contribution in [3.63, 3.8) is 0 Å². The number of hydrogen-bond acceptors (Lipinski definition) is 4. The Morgan fingerprint density at radius 2 is 1.96 bits per heavy atom. The summed E-state index contributed by atoms with van der Waals surface area (Å²) in [4.78, 5) is 5.31. The molecule has 3 aromatic rings. The molecule has 0 radical (unpaired) electrons. The highest BCUT2D eigenvalue weighted by atomic mass is 16.5. The lowest BCUT2D eigenvalue weighted by Crippen LogP contribution is -2.41. The van der Waals surface area contributed by atoms with Crippen molar-refractivity contribution in [3.8, 4) is 11.8 Å². The van der Waals surface area contributed by atoms with Gasteiger partial charge in [-0.1, -0.05) is 6.07 Å². The number of nitrogens with one attached hydrogen (secondary N) is 1. The molecule has 0 saturated heterocycles. The normalized spacial score (nSPS) is 16.2. The van der Waals surface area contributed by atoms with E-state index in [1.165, 1.54) is 0 Å². The van der Waals surface area contributed by atoms with E-state index < -0.39 is 5.72 Å². The van der Waals surface area contributed by atoms with Crippen LogP contribution in [0.1, 0.15) is 48.6 Å². The van der Waals surface area contributed by atoms with Gasteiger partial charge in [0.15, 0.2) is 0 Å². The molecule has 2 heterocycles. The molecule has 28 heavy (non-hydrogen) atoms. The zero-order valence-corrected chi connectivity index (χ0v) is 16.7. The molecule has 0 aliphatic carbocycles. The number of aromatic amines is 1. The van der Waals surface area contributed by atoms with Gasteiger partial charge < -0.3 is 14.8 Å². The summed E-state index contributed by atoms with van der Waals surface area (Å²) in [6.07, 6.45) is 1.90. The first-order valence-corrected chi connectivity index (χ1v) is 9.58. The Labute approximate surface area is 165 Å². The predicted molar refractivity (Wildman–Crippen MR) is 109 cm³/mol. The summed E-state index contributed by atoms with van der Waals surface area (Å²) >= 11 is 0. The standard InChI is InChI=1S/C23H25N3O2/c1-14(2)28-20-9-15(3)22-19(7-8-25-22)21(20)23(4,27)26-12-17-6-5-16(11-24)10-18(17)13-26/h5-10,14,25,27H,12-13H2,1-4H3. The third kappa shape index (κ3) is 2.95. The average molecular weight is 375 g/mol. The van der Waals surface area contributed by atoms with Crippen LogP contribution in [-0.4, -0.2) is 21.1 Å². The monoisotopic (exact) mass is 375 g/mol. The van der Waals surface area contributed by atoms with Gasteiger partial charge in [-0.05, 0) is 68.7 Å². The van der Waals surface area contributed by atoms with E-state index in [2.05, 4.69) is 11.1 Å². The molecule has 0 saturated carbocycles. The maximum Gasteiger partial charge on any atom is 0.146 e. The van der Waals surface area contributed by atoms with Crippen molar-refractivity contribution < 1.29 is 9.84 Å². The summed E-state index contributed by atoms with van der Waals surface area (Å²) in [7, 11) is 0. The van der Waals surface area contributed by atoms with Crippen molar-refractivity contribution in [1.82, 2.24) is 9.88 Å². The molecule has 5 nitrogen and oxygen atoms in total. The third-order valence-electron chi connectivity index (χ3n) is 5.51. The van der Waals surface area contributed by atoms with Gasteiger partial charge in [0.05, 0.1) is 17.7 Å². The third-order valence-corrected chi connectivity index (χ3v) is 5.51. The number of nitriles is 1. The molecule has 5 heteroatoms. The van der Waals surface area contributed by atoms with Crippen LogP contribution in [0.15, 0.2) is 36.5 Å². The number of rotatable bonds is 4. The fourth-order valence-electron chi connectivity index (χ4n) is 4.14. The van der Waals surface area contributed by atoms with Gasteiger partial charge in [-0.15, -0.1) is 0 Å². The summed E-state index contributed by atoms with van der Waals surface area (Å²) in [5.41, 5.74) is 4.51. The van der Waals surface area contributed by atoms with Gasteiger partial charge >= 0.3 is 0 Å². The SMILES string of the molecule is Cc1cc(OC(C)C)c(C(C)(O)N2Cc3ccc(C#N)cc3C2)c2cc[nH]c12. The number of aliphatic hydroxyl groups is 1. The molecular formula is C23H25N3O2. The van der Waals surface area contributed by atoms with Crippen LogP contribution in [-0.2, 0) is 18.8 Å². The molecule has 1 aliphatic heterocycles. The lowest BCUT2D eigenvalue weighted by molar-refractivity contribution is -0.105. The zero-order valence-electron chi connectivity index (χ0n) is 16.7. The molecular weight excluding hydrogens is 350 g/mol. The van der Waals surface area contributed by atoms with Crippen LogP contribution in [0.4, 0.5) is 0 Å². The molecule has 4 rings (SSSR count). The highest BCUT2D eigenvalue weighted by molar-refractivity contribution is 5.89. The van der Waals surface area contributed by atoms with Crippen LogP contribution in [0.2, 0.25) is 0 Å². The van der Waals surface area contributed by atoms with Crippen LogP contribution in [0, 0.1) is 18.3 Å². The molecule has 2 aromatic carbocycles. The number of hydrogen-bond donors (Lipinski definition) is 2. The highest BCUT2D eigenvalue weighted by Crippen LogP contribution is 2.43. The minimum Gasteiger partial charge on any atom is -0.491 e. The minimum atomic E-state index is -1.23. The number of H-pyrrole nitrogens is 1. The average Bonchev–Trinajstić information content (AvgIpc) is 3.27. The fourth-order valence-corrected chi connectivity index (χ4v) is 4.14. The number of nitrogens with zero attached hydrogens (tertiary/aromatic N) is 2. The molecule has 1 atom stereocenters. The lowest BCUT2D eigenvalue weighted by Gasteiger charge is -2.36. The summed E-state index contributed by atoms with van der Waals surface area (Å²) in [5, 5.41) is 21.9. The van der Waals surface area contributed by atoms with Gasteiger partial charge in [-0.2, -0.15) is 5.26 Å². The van der Waals surface area contributed by atoms with Crippen molar-refractivity contribution in [2.24, 2.45) is 0 Å². The van der Waals surface area contributed by atoms with E-state index in [1.54, 1.807) is 0 Å². The van der Waals surface area contributed by atoms with Crippen LogP contribution >= 0.6 is 0 Å². The van der Waals surface area contributed by atoms with Crippen LogP contribution in [0.3, 0.4) is 0 Å². The summed E-state index contributed by atoms with van der Waals surface area (Å²) < 4.78 is 6.12. The number of benzene rings is 2. The Kier molecular flexibility index (Phi) is 4.41. The molecule has 1 unspecified atom stereocenters. The summed E-state index contributed by atoms with van der Waals surface area (Å²) in [6, 6.07) is 11.9. The Morgan fingerprint density at radius 3 is 2.68 bits per heavy atom. The number of ether oxygens (including phenoxy) is 1. The molecule has 144 valence electrons. The second kappa shape index (κ2) is 6.66. The number of fused-ring (bicyclic) bond motifs is 2. The van der Waals surface area contributed by atoms with Gasteiger partial charge in [0.25, 0.3) is 0 Å². The smallest absolute Gasteiger partial charge is 0.146 e. The Hall–Kier alpha value is -2.81. The number of aromatic nitrogens is 1.